The maximum atomic E-state index is 12.5. The first kappa shape index (κ1) is 14.1. The summed E-state index contributed by atoms with van der Waals surface area (Å²) in [4.78, 5) is 12.5. The Morgan fingerprint density at radius 2 is 1.57 bits per heavy atom. The molecule has 0 aliphatic carbocycles. The molecule has 3 heteroatoms. The molecule has 1 heterocycles. The molecule has 0 unspecified atom stereocenters. The summed E-state index contributed by atoms with van der Waals surface area (Å²) < 4.78 is 0. The van der Waals surface area contributed by atoms with Gasteiger partial charge in [0, 0.05) is 0 Å². The van der Waals surface area contributed by atoms with Crippen LogP contribution in [-0.4, -0.2) is 25.1 Å². The second kappa shape index (κ2) is 6.73. The summed E-state index contributed by atoms with van der Waals surface area (Å²) in [5, 5.41) is 3.32. The molecule has 21 heavy (non-hydrogen) atoms. The number of ketones is 1. The van der Waals surface area contributed by atoms with Crippen LogP contribution < -0.4 is 16.2 Å². The van der Waals surface area contributed by atoms with Crippen LogP contribution in [0.5, 0.6) is 0 Å². The summed E-state index contributed by atoms with van der Waals surface area (Å²) >= 11 is 0. The number of Topliss-reactive ketones (excluding diaryl/α,β-unsaturated/α-hetero) is 1. The number of benzene rings is 2. The second-order valence-electron chi connectivity index (χ2n) is 5.69. The average molecular weight is 277 g/mol. The Balaban J connectivity index is 1.84. The molecule has 1 fully saturated rings. The van der Waals surface area contributed by atoms with E-state index in [-0.39, 0.29) is 12.8 Å². The zero-order valence-corrected chi connectivity index (χ0v) is 12.2. The quantitative estimate of drug-likeness (QED) is 0.841. The van der Waals surface area contributed by atoms with Gasteiger partial charge < -0.3 is 5.32 Å². The van der Waals surface area contributed by atoms with Gasteiger partial charge in [-0.25, -0.2) is 0 Å². The predicted octanol–water partition coefficient (Wildman–Crippen LogP) is 1.62. The summed E-state index contributed by atoms with van der Waals surface area (Å²) in [5.74, 6) is 0.338. The summed E-state index contributed by atoms with van der Waals surface area (Å²) in [6.07, 6.45) is 2.67. The molecule has 1 aliphatic rings. The highest BCUT2D eigenvalue weighted by Crippen LogP contribution is 2.10. The van der Waals surface area contributed by atoms with E-state index >= 15 is 0 Å². The highest BCUT2D eigenvalue weighted by atomic mass is 16.1. The summed E-state index contributed by atoms with van der Waals surface area (Å²) in [5.41, 5.74) is 2.44. The Morgan fingerprint density at radius 3 is 2.05 bits per heavy atom. The van der Waals surface area contributed by atoms with Crippen LogP contribution in [0.2, 0.25) is 6.32 Å². The SMILES string of the molecule is O=C(CB(c1ccccc1)c1ccccc1)[C@@H]1CCCN1. The maximum Gasteiger partial charge on any atom is 0.216 e. The van der Waals surface area contributed by atoms with Crippen LogP contribution in [0.3, 0.4) is 0 Å². The Morgan fingerprint density at radius 1 is 1.00 bits per heavy atom. The van der Waals surface area contributed by atoms with Gasteiger partial charge in [0.15, 0.2) is 0 Å². The van der Waals surface area contributed by atoms with Gasteiger partial charge in [-0.3, -0.25) is 4.79 Å². The van der Waals surface area contributed by atoms with Crippen molar-refractivity contribution in [1.82, 2.24) is 5.32 Å². The number of carbonyl (C=O) groups excluding carboxylic acids is 1. The molecule has 0 bridgehead atoms. The van der Waals surface area contributed by atoms with E-state index in [1.165, 1.54) is 10.9 Å². The van der Waals surface area contributed by atoms with Crippen molar-refractivity contribution >= 4 is 23.4 Å². The lowest BCUT2D eigenvalue weighted by atomic mass is 9.38. The Bertz CT molecular complexity index is 539. The molecule has 2 aromatic carbocycles. The monoisotopic (exact) mass is 277 g/mol. The fourth-order valence-corrected chi connectivity index (χ4v) is 3.10. The lowest BCUT2D eigenvalue weighted by molar-refractivity contribution is -0.118. The van der Waals surface area contributed by atoms with E-state index in [4.69, 9.17) is 0 Å². The highest BCUT2D eigenvalue weighted by Gasteiger charge is 2.28. The number of hydrogen-bond donors (Lipinski definition) is 1. The lowest BCUT2D eigenvalue weighted by Gasteiger charge is -2.16. The minimum atomic E-state index is 0.0555. The van der Waals surface area contributed by atoms with Gasteiger partial charge in [-0.15, -0.1) is 0 Å². The molecule has 0 radical (unpaired) electrons. The zero-order chi connectivity index (χ0) is 14.5. The fraction of sp³-hybridized carbons (Fsp3) is 0.278. The molecule has 1 aliphatic heterocycles. The number of rotatable bonds is 5. The normalized spacial score (nSPS) is 17.6. The van der Waals surface area contributed by atoms with Crippen molar-refractivity contribution in [2.24, 2.45) is 0 Å². The van der Waals surface area contributed by atoms with Crippen LogP contribution in [0.25, 0.3) is 0 Å². The van der Waals surface area contributed by atoms with Gasteiger partial charge in [-0.05, 0) is 25.7 Å². The summed E-state index contributed by atoms with van der Waals surface area (Å²) in [6, 6.07) is 20.7. The summed E-state index contributed by atoms with van der Waals surface area (Å²) in [6.45, 7) is 1.12. The van der Waals surface area contributed by atoms with Crippen molar-refractivity contribution < 1.29 is 4.79 Å². The number of hydrogen-bond acceptors (Lipinski definition) is 2. The van der Waals surface area contributed by atoms with E-state index in [2.05, 4.69) is 29.6 Å². The van der Waals surface area contributed by atoms with E-state index in [1.54, 1.807) is 0 Å². The van der Waals surface area contributed by atoms with Crippen molar-refractivity contribution in [3.05, 3.63) is 60.7 Å². The lowest BCUT2D eigenvalue weighted by Crippen LogP contribution is -2.46. The van der Waals surface area contributed by atoms with Gasteiger partial charge in [0.1, 0.15) is 5.78 Å². The van der Waals surface area contributed by atoms with Crippen molar-refractivity contribution in [2.75, 3.05) is 6.54 Å². The fourth-order valence-electron chi connectivity index (χ4n) is 3.10. The third kappa shape index (κ3) is 3.42. The molecule has 106 valence electrons. The topological polar surface area (TPSA) is 29.1 Å². The first-order valence-corrected chi connectivity index (χ1v) is 7.70. The summed E-state index contributed by atoms with van der Waals surface area (Å²) in [7, 11) is 0. The molecule has 1 N–H and O–H groups in total. The maximum absolute atomic E-state index is 12.5. The van der Waals surface area contributed by atoms with Gasteiger partial charge in [0.2, 0.25) is 6.71 Å². The van der Waals surface area contributed by atoms with E-state index in [0.717, 1.165) is 19.4 Å². The predicted molar refractivity (Wildman–Crippen MR) is 88.7 cm³/mol. The zero-order valence-electron chi connectivity index (χ0n) is 12.2. The van der Waals surface area contributed by atoms with Crippen molar-refractivity contribution in [3.63, 3.8) is 0 Å². The Hall–Kier alpha value is -1.87. The third-order valence-electron chi connectivity index (χ3n) is 4.26. The Labute approximate surface area is 126 Å². The highest BCUT2D eigenvalue weighted by molar-refractivity contribution is 6.87. The minimum Gasteiger partial charge on any atom is -0.307 e. The van der Waals surface area contributed by atoms with Gasteiger partial charge in [-0.2, -0.15) is 0 Å². The number of nitrogens with one attached hydrogen (secondary N) is 1. The molecule has 0 saturated carbocycles. The van der Waals surface area contributed by atoms with Crippen LogP contribution in [-0.2, 0) is 4.79 Å². The minimum absolute atomic E-state index is 0.0555. The van der Waals surface area contributed by atoms with Gasteiger partial charge >= 0.3 is 0 Å². The van der Waals surface area contributed by atoms with E-state index in [1.807, 2.05) is 36.4 Å². The first-order chi connectivity index (χ1) is 10.3. The van der Waals surface area contributed by atoms with Crippen molar-refractivity contribution in [1.29, 1.82) is 0 Å². The van der Waals surface area contributed by atoms with Gasteiger partial charge in [0.25, 0.3) is 0 Å². The molecular formula is C18H20BNO. The van der Waals surface area contributed by atoms with E-state index < -0.39 is 0 Å². The standard InChI is InChI=1S/C18H20BNO/c21-18(17-12-7-13-20-17)14-19(15-8-3-1-4-9-15)16-10-5-2-6-11-16/h1-6,8-11,17,20H,7,12-14H2/t17-/m0/s1. The largest absolute Gasteiger partial charge is 0.307 e. The van der Waals surface area contributed by atoms with Crippen molar-refractivity contribution in [3.8, 4) is 0 Å². The molecule has 1 atom stereocenters. The van der Waals surface area contributed by atoms with Crippen LogP contribution in [0.15, 0.2) is 60.7 Å². The van der Waals surface area contributed by atoms with E-state index in [0.29, 0.717) is 12.1 Å². The molecule has 2 nitrogen and oxygen atoms in total. The van der Waals surface area contributed by atoms with Gasteiger partial charge in [-0.1, -0.05) is 71.6 Å². The van der Waals surface area contributed by atoms with Crippen LogP contribution in [0, 0.1) is 0 Å². The van der Waals surface area contributed by atoms with Crippen LogP contribution in [0.1, 0.15) is 12.8 Å². The Kier molecular flexibility index (Phi) is 4.51. The van der Waals surface area contributed by atoms with Crippen LogP contribution >= 0.6 is 0 Å². The molecule has 0 aromatic heterocycles. The average Bonchev–Trinajstić information content (AvgIpc) is 3.09. The molecule has 0 amide bonds. The number of carbonyl (C=O) groups is 1. The molecule has 0 spiro atoms. The molecule has 3 rings (SSSR count). The van der Waals surface area contributed by atoms with Crippen LogP contribution in [0.4, 0.5) is 0 Å². The van der Waals surface area contributed by atoms with Crippen molar-refractivity contribution in [2.45, 2.75) is 25.2 Å². The molecular weight excluding hydrogens is 257 g/mol. The third-order valence-corrected chi connectivity index (χ3v) is 4.26. The second-order valence-corrected chi connectivity index (χ2v) is 5.69. The van der Waals surface area contributed by atoms with Gasteiger partial charge in [0.05, 0.1) is 6.04 Å². The molecule has 1 saturated heterocycles. The molecule has 2 aromatic rings. The smallest absolute Gasteiger partial charge is 0.216 e. The first-order valence-electron chi connectivity index (χ1n) is 7.70. The van der Waals surface area contributed by atoms with E-state index in [9.17, 15) is 4.79 Å².